The van der Waals surface area contributed by atoms with E-state index in [0.29, 0.717) is 12.1 Å². The summed E-state index contributed by atoms with van der Waals surface area (Å²) < 4.78 is 2.02. The van der Waals surface area contributed by atoms with Crippen molar-refractivity contribution in [3.8, 4) is 0 Å². The zero-order chi connectivity index (χ0) is 12.4. The molecule has 0 unspecified atom stereocenters. The van der Waals surface area contributed by atoms with E-state index in [1.165, 1.54) is 12.8 Å². The first-order chi connectivity index (χ1) is 8.04. The lowest BCUT2D eigenvalue weighted by Crippen LogP contribution is -2.41. The van der Waals surface area contributed by atoms with Crippen LogP contribution in [0.1, 0.15) is 38.4 Å². The molecular formula is C13H24N4. The first kappa shape index (κ1) is 12.6. The van der Waals surface area contributed by atoms with Gasteiger partial charge in [0, 0.05) is 31.4 Å². The molecule has 1 aromatic rings. The predicted molar refractivity (Wildman–Crippen MR) is 69.6 cm³/mol. The van der Waals surface area contributed by atoms with Crippen LogP contribution < -0.4 is 5.73 Å². The average Bonchev–Trinajstić information content (AvgIpc) is 2.63. The van der Waals surface area contributed by atoms with Crippen LogP contribution >= 0.6 is 0 Å². The molecule has 0 amide bonds. The maximum atomic E-state index is 5.80. The number of nitrogens with two attached hydrogens (primary N) is 1. The Morgan fingerprint density at radius 1 is 1.53 bits per heavy atom. The Morgan fingerprint density at radius 3 is 2.76 bits per heavy atom. The van der Waals surface area contributed by atoms with Crippen LogP contribution in [0.4, 0.5) is 0 Å². The van der Waals surface area contributed by atoms with Gasteiger partial charge in [-0.25, -0.2) is 0 Å². The van der Waals surface area contributed by atoms with E-state index in [-0.39, 0.29) is 0 Å². The molecule has 0 radical (unpaired) electrons. The molecule has 17 heavy (non-hydrogen) atoms. The van der Waals surface area contributed by atoms with Crippen molar-refractivity contribution in [2.75, 3.05) is 13.6 Å². The van der Waals surface area contributed by atoms with Gasteiger partial charge in [-0.3, -0.25) is 4.68 Å². The molecule has 1 saturated carbocycles. The van der Waals surface area contributed by atoms with Crippen LogP contribution in [0, 0.1) is 5.92 Å². The van der Waals surface area contributed by atoms with Crippen LogP contribution in [0.5, 0.6) is 0 Å². The predicted octanol–water partition coefficient (Wildman–Crippen LogP) is 1.63. The minimum absolute atomic E-state index is 0.443. The summed E-state index contributed by atoms with van der Waals surface area (Å²) in [6.07, 6.45) is 4.43. The fourth-order valence-electron chi connectivity index (χ4n) is 2.47. The van der Waals surface area contributed by atoms with Gasteiger partial charge < -0.3 is 10.6 Å². The van der Waals surface area contributed by atoms with Crippen molar-refractivity contribution in [3.63, 3.8) is 0 Å². The third-order valence-electron chi connectivity index (χ3n) is 3.47. The van der Waals surface area contributed by atoms with Crippen LogP contribution in [0.2, 0.25) is 0 Å². The van der Waals surface area contributed by atoms with Crippen LogP contribution in [0.3, 0.4) is 0 Å². The SMILES string of the molecule is CC(C)n1ccc(CN(C)CC2CC(N)C2)n1. The van der Waals surface area contributed by atoms with E-state index < -0.39 is 0 Å². The highest BCUT2D eigenvalue weighted by atomic mass is 15.3. The molecule has 2 rings (SSSR count). The van der Waals surface area contributed by atoms with E-state index in [1.54, 1.807) is 0 Å². The fraction of sp³-hybridized carbons (Fsp3) is 0.769. The van der Waals surface area contributed by atoms with Crippen molar-refractivity contribution in [1.29, 1.82) is 0 Å². The standard InChI is InChI=1S/C13H24N4/c1-10(2)17-5-4-13(15-17)9-16(3)8-11-6-12(14)7-11/h4-5,10-12H,6-9,14H2,1-3H3. The second-order valence-electron chi connectivity index (χ2n) is 5.68. The zero-order valence-corrected chi connectivity index (χ0v) is 11.1. The third-order valence-corrected chi connectivity index (χ3v) is 3.47. The molecule has 1 heterocycles. The van der Waals surface area contributed by atoms with Crippen molar-refractivity contribution >= 4 is 0 Å². The van der Waals surface area contributed by atoms with Crippen LogP contribution in [0.15, 0.2) is 12.3 Å². The number of rotatable bonds is 5. The Kier molecular flexibility index (Phi) is 3.84. The van der Waals surface area contributed by atoms with Crippen LogP contribution in [0.25, 0.3) is 0 Å². The van der Waals surface area contributed by atoms with Gasteiger partial charge in [-0.2, -0.15) is 5.10 Å². The normalized spacial score (nSPS) is 24.4. The summed E-state index contributed by atoms with van der Waals surface area (Å²) >= 11 is 0. The lowest BCUT2D eigenvalue weighted by molar-refractivity contribution is 0.177. The molecule has 0 saturated heterocycles. The molecule has 96 valence electrons. The van der Waals surface area contributed by atoms with E-state index in [4.69, 9.17) is 5.73 Å². The van der Waals surface area contributed by atoms with Crippen molar-refractivity contribution in [2.45, 2.75) is 45.3 Å². The lowest BCUT2D eigenvalue weighted by Gasteiger charge is -2.35. The number of aromatic nitrogens is 2. The van der Waals surface area contributed by atoms with Gasteiger partial charge in [-0.05, 0) is 45.7 Å². The van der Waals surface area contributed by atoms with Crippen LogP contribution in [-0.2, 0) is 6.54 Å². The Labute approximate surface area is 104 Å². The molecule has 0 bridgehead atoms. The molecule has 4 nitrogen and oxygen atoms in total. The monoisotopic (exact) mass is 236 g/mol. The quantitative estimate of drug-likeness (QED) is 0.845. The summed E-state index contributed by atoms with van der Waals surface area (Å²) in [5, 5.41) is 4.57. The summed E-state index contributed by atoms with van der Waals surface area (Å²) in [4.78, 5) is 2.35. The summed E-state index contributed by atoms with van der Waals surface area (Å²) in [7, 11) is 2.16. The van der Waals surface area contributed by atoms with Crippen LogP contribution in [-0.4, -0.2) is 34.3 Å². The fourth-order valence-corrected chi connectivity index (χ4v) is 2.47. The molecular weight excluding hydrogens is 212 g/mol. The number of hydrogen-bond acceptors (Lipinski definition) is 3. The minimum Gasteiger partial charge on any atom is -0.328 e. The van der Waals surface area contributed by atoms with Gasteiger partial charge in [-0.15, -0.1) is 0 Å². The van der Waals surface area contributed by atoms with E-state index in [2.05, 4.69) is 43.2 Å². The van der Waals surface area contributed by atoms with E-state index in [9.17, 15) is 0 Å². The summed E-state index contributed by atoms with van der Waals surface area (Å²) in [6.45, 7) is 6.38. The number of nitrogens with zero attached hydrogens (tertiary/aromatic N) is 3. The number of hydrogen-bond donors (Lipinski definition) is 1. The average molecular weight is 236 g/mol. The van der Waals surface area contributed by atoms with E-state index >= 15 is 0 Å². The van der Waals surface area contributed by atoms with Gasteiger partial charge in [-0.1, -0.05) is 0 Å². The highest BCUT2D eigenvalue weighted by Crippen LogP contribution is 2.26. The first-order valence-electron chi connectivity index (χ1n) is 6.52. The van der Waals surface area contributed by atoms with Gasteiger partial charge in [0.15, 0.2) is 0 Å². The highest BCUT2D eigenvalue weighted by molar-refractivity contribution is 4.99. The molecule has 2 N–H and O–H groups in total. The molecule has 0 spiro atoms. The van der Waals surface area contributed by atoms with Gasteiger partial charge >= 0.3 is 0 Å². The Balaban J connectivity index is 1.79. The smallest absolute Gasteiger partial charge is 0.0764 e. The molecule has 0 atom stereocenters. The first-order valence-corrected chi connectivity index (χ1v) is 6.52. The van der Waals surface area contributed by atoms with Gasteiger partial charge in [0.2, 0.25) is 0 Å². The topological polar surface area (TPSA) is 47.1 Å². The van der Waals surface area contributed by atoms with E-state index in [0.717, 1.165) is 24.7 Å². The molecule has 0 aromatic carbocycles. The van der Waals surface area contributed by atoms with Gasteiger partial charge in [0.25, 0.3) is 0 Å². The van der Waals surface area contributed by atoms with Crippen molar-refractivity contribution in [3.05, 3.63) is 18.0 Å². The second-order valence-corrected chi connectivity index (χ2v) is 5.68. The molecule has 1 aromatic heterocycles. The van der Waals surface area contributed by atoms with E-state index in [1.807, 2.05) is 4.68 Å². The van der Waals surface area contributed by atoms with Crippen molar-refractivity contribution in [1.82, 2.24) is 14.7 Å². The molecule has 1 aliphatic carbocycles. The van der Waals surface area contributed by atoms with Gasteiger partial charge in [0.1, 0.15) is 0 Å². The summed E-state index contributed by atoms with van der Waals surface area (Å²) in [5.41, 5.74) is 6.96. The third kappa shape index (κ3) is 3.30. The Hall–Kier alpha value is -0.870. The summed E-state index contributed by atoms with van der Waals surface area (Å²) in [6, 6.07) is 3.01. The van der Waals surface area contributed by atoms with Gasteiger partial charge in [0.05, 0.1) is 5.69 Å². The lowest BCUT2D eigenvalue weighted by atomic mass is 9.80. The Morgan fingerprint density at radius 2 is 2.24 bits per heavy atom. The molecule has 1 fully saturated rings. The summed E-state index contributed by atoms with van der Waals surface area (Å²) in [5.74, 6) is 0.794. The largest absolute Gasteiger partial charge is 0.328 e. The second kappa shape index (κ2) is 5.19. The molecule has 1 aliphatic rings. The molecule has 4 heteroatoms. The Bertz CT molecular complexity index is 352. The van der Waals surface area contributed by atoms with Crippen molar-refractivity contribution in [2.24, 2.45) is 11.7 Å². The minimum atomic E-state index is 0.443. The molecule has 0 aliphatic heterocycles. The zero-order valence-electron chi connectivity index (χ0n) is 11.1. The highest BCUT2D eigenvalue weighted by Gasteiger charge is 2.26. The maximum absolute atomic E-state index is 5.80. The van der Waals surface area contributed by atoms with Crippen molar-refractivity contribution < 1.29 is 0 Å². The maximum Gasteiger partial charge on any atom is 0.0764 e.